The molecule has 3 rings (SSSR count). The predicted molar refractivity (Wildman–Crippen MR) is 106 cm³/mol. The summed E-state index contributed by atoms with van der Waals surface area (Å²) < 4.78 is 14.1. The second-order valence-electron chi connectivity index (χ2n) is 5.87. The Labute approximate surface area is 165 Å². The number of aromatic nitrogens is 2. The van der Waals surface area contributed by atoms with Crippen molar-refractivity contribution in [2.75, 3.05) is 6.54 Å². The third-order valence-electron chi connectivity index (χ3n) is 4.03. The molecule has 1 aliphatic heterocycles. The molecule has 0 bridgehead atoms. The van der Waals surface area contributed by atoms with Crippen molar-refractivity contribution in [3.05, 3.63) is 58.8 Å². The lowest BCUT2D eigenvalue weighted by Crippen LogP contribution is -2.47. The lowest BCUT2D eigenvalue weighted by atomic mass is 10.2. The summed E-state index contributed by atoms with van der Waals surface area (Å²) in [7, 11) is 0. The van der Waals surface area contributed by atoms with Gasteiger partial charge in [0.2, 0.25) is 5.91 Å². The molecule has 6 nitrogen and oxygen atoms in total. The highest BCUT2D eigenvalue weighted by atomic mass is 32.2. The van der Waals surface area contributed by atoms with E-state index < -0.39 is 17.8 Å². The number of thioether (sulfide) groups is 1. The van der Waals surface area contributed by atoms with E-state index in [-0.39, 0.29) is 10.2 Å². The molecule has 1 aromatic heterocycles. The van der Waals surface area contributed by atoms with Crippen LogP contribution in [0, 0.1) is 5.82 Å². The number of nitrogens with zero attached hydrogens (tertiary/aromatic N) is 2. The van der Waals surface area contributed by atoms with Crippen LogP contribution in [0.15, 0.2) is 41.7 Å². The van der Waals surface area contributed by atoms with Crippen molar-refractivity contribution in [1.82, 2.24) is 20.2 Å². The molecule has 1 fully saturated rings. The Morgan fingerprint density at radius 2 is 2.26 bits per heavy atom. The van der Waals surface area contributed by atoms with Crippen molar-refractivity contribution in [3.8, 4) is 0 Å². The minimum absolute atomic E-state index is 0.277. The largest absolute Gasteiger partial charge is 0.354 e. The number of H-pyrrole nitrogens is 1. The molecule has 2 N–H and O–H groups in total. The first-order valence-corrected chi connectivity index (χ1v) is 9.46. The maximum absolute atomic E-state index is 13.8. The zero-order valence-electron chi connectivity index (χ0n) is 14.4. The van der Waals surface area contributed by atoms with E-state index >= 15 is 0 Å². The number of hydrogen-bond donors (Lipinski definition) is 2. The fourth-order valence-corrected chi connectivity index (χ4v) is 3.96. The van der Waals surface area contributed by atoms with Gasteiger partial charge in [-0.1, -0.05) is 42.2 Å². The number of amides is 2. The minimum Gasteiger partial charge on any atom is -0.354 e. The van der Waals surface area contributed by atoms with Crippen LogP contribution in [0.3, 0.4) is 0 Å². The molecular weight excluding hydrogens is 387 g/mol. The first-order valence-electron chi connectivity index (χ1n) is 8.24. The van der Waals surface area contributed by atoms with Crippen molar-refractivity contribution >= 4 is 46.2 Å². The van der Waals surface area contributed by atoms with Crippen LogP contribution in [0.2, 0.25) is 0 Å². The molecular formula is C18H17FN4O2S2. The number of nitrogens with one attached hydrogen (secondary N) is 2. The molecule has 140 valence electrons. The van der Waals surface area contributed by atoms with Crippen LogP contribution in [0.5, 0.6) is 0 Å². The van der Waals surface area contributed by atoms with E-state index in [1.807, 2.05) is 0 Å². The van der Waals surface area contributed by atoms with E-state index in [9.17, 15) is 14.0 Å². The fraction of sp³-hybridized carbons (Fsp3) is 0.222. The third-order valence-corrected chi connectivity index (χ3v) is 5.36. The van der Waals surface area contributed by atoms with Crippen molar-refractivity contribution in [3.63, 3.8) is 0 Å². The number of halogens is 1. The molecule has 2 heterocycles. The molecule has 0 spiro atoms. The average molecular weight is 404 g/mol. The van der Waals surface area contributed by atoms with Crippen LogP contribution in [0.1, 0.15) is 18.2 Å². The monoisotopic (exact) mass is 404 g/mol. The van der Waals surface area contributed by atoms with Gasteiger partial charge in [0.05, 0.1) is 11.2 Å². The van der Waals surface area contributed by atoms with E-state index in [4.69, 9.17) is 12.2 Å². The molecule has 27 heavy (non-hydrogen) atoms. The summed E-state index contributed by atoms with van der Waals surface area (Å²) in [5.41, 5.74) is 1.20. The summed E-state index contributed by atoms with van der Waals surface area (Å²) in [6.45, 7) is 2.02. The average Bonchev–Trinajstić information content (AvgIpc) is 3.25. The summed E-state index contributed by atoms with van der Waals surface area (Å²) in [5.74, 6) is -1.13. The van der Waals surface area contributed by atoms with Gasteiger partial charge in [0.15, 0.2) is 0 Å². The quantitative estimate of drug-likeness (QED) is 0.571. The van der Waals surface area contributed by atoms with E-state index in [0.29, 0.717) is 23.4 Å². The van der Waals surface area contributed by atoms with Crippen LogP contribution in [0.4, 0.5) is 4.39 Å². The lowest BCUT2D eigenvalue weighted by Gasteiger charge is -2.22. The second kappa shape index (κ2) is 8.45. The molecule has 2 amide bonds. The smallest absolute Gasteiger partial charge is 0.266 e. The van der Waals surface area contributed by atoms with Gasteiger partial charge in [-0.25, -0.2) is 9.37 Å². The van der Waals surface area contributed by atoms with Gasteiger partial charge in [-0.2, -0.15) is 0 Å². The predicted octanol–water partition coefficient (Wildman–Crippen LogP) is 2.50. The van der Waals surface area contributed by atoms with Crippen molar-refractivity contribution in [2.24, 2.45) is 0 Å². The van der Waals surface area contributed by atoms with Crippen molar-refractivity contribution in [1.29, 1.82) is 0 Å². The zero-order valence-corrected chi connectivity index (χ0v) is 16.1. The number of imidazole rings is 1. The Morgan fingerprint density at radius 3 is 2.96 bits per heavy atom. The van der Waals surface area contributed by atoms with Crippen molar-refractivity contribution in [2.45, 2.75) is 19.4 Å². The number of carbonyl (C=O) groups excluding carboxylic acids is 2. The number of carbonyl (C=O) groups is 2. The Balaban J connectivity index is 1.65. The summed E-state index contributed by atoms with van der Waals surface area (Å²) in [6, 6.07) is 5.40. The summed E-state index contributed by atoms with van der Waals surface area (Å²) in [6.07, 6.45) is 5.31. The Kier molecular flexibility index (Phi) is 6.02. The molecule has 0 aliphatic carbocycles. The van der Waals surface area contributed by atoms with Crippen LogP contribution in [0.25, 0.3) is 6.08 Å². The molecule has 0 radical (unpaired) electrons. The molecule has 1 aromatic carbocycles. The van der Waals surface area contributed by atoms with Crippen LogP contribution >= 0.6 is 24.0 Å². The number of benzene rings is 1. The molecule has 9 heteroatoms. The maximum Gasteiger partial charge on any atom is 0.266 e. The molecule has 1 saturated heterocycles. The van der Waals surface area contributed by atoms with Gasteiger partial charge in [-0.05, 0) is 19.1 Å². The normalized spacial score (nSPS) is 16.8. The summed E-state index contributed by atoms with van der Waals surface area (Å²) >= 11 is 6.32. The highest BCUT2D eigenvalue weighted by Crippen LogP contribution is 2.34. The van der Waals surface area contributed by atoms with E-state index in [2.05, 4.69) is 15.3 Å². The molecule has 1 atom stereocenters. The zero-order chi connectivity index (χ0) is 19.4. The van der Waals surface area contributed by atoms with Crippen LogP contribution in [-0.2, 0) is 16.0 Å². The minimum atomic E-state index is -0.759. The van der Waals surface area contributed by atoms with Gasteiger partial charge in [0, 0.05) is 30.4 Å². The summed E-state index contributed by atoms with van der Waals surface area (Å²) in [5, 5.41) is 2.78. The SMILES string of the molecule is C[C@H](C(=O)NCCc1cnc[nH]1)N1C(=O)/C(=C/c2ccccc2F)SC1=S. The molecule has 2 aromatic rings. The van der Waals surface area contributed by atoms with Gasteiger partial charge >= 0.3 is 0 Å². The van der Waals surface area contributed by atoms with E-state index in [1.165, 1.54) is 17.0 Å². The first kappa shape index (κ1) is 19.2. The first-order chi connectivity index (χ1) is 13.0. The number of hydrogen-bond acceptors (Lipinski definition) is 5. The van der Waals surface area contributed by atoms with E-state index in [0.717, 1.165) is 17.5 Å². The number of thiocarbonyl (C=S) groups is 1. The Hall–Kier alpha value is -2.52. The fourth-order valence-electron chi connectivity index (χ4n) is 2.55. The highest BCUT2D eigenvalue weighted by Gasteiger charge is 2.38. The Morgan fingerprint density at radius 1 is 1.48 bits per heavy atom. The third kappa shape index (κ3) is 4.42. The maximum atomic E-state index is 13.8. The second-order valence-corrected chi connectivity index (χ2v) is 7.54. The molecule has 0 saturated carbocycles. The van der Waals surface area contributed by atoms with Gasteiger partial charge in [0.1, 0.15) is 16.2 Å². The van der Waals surface area contributed by atoms with Gasteiger partial charge in [0.25, 0.3) is 5.91 Å². The lowest BCUT2D eigenvalue weighted by molar-refractivity contribution is -0.132. The molecule has 1 aliphatic rings. The van der Waals surface area contributed by atoms with Crippen LogP contribution < -0.4 is 5.32 Å². The van der Waals surface area contributed by atoms with Crippen LogP contribution in [-0.4, -0.2) is 43.6 Å². The van der Waals surface area contributed by atoms with Crippen molar-refractivity contribution < 1.29 is 14.0 Å². The van der Waals surface area contributed by atoms with Gasteiger partial charge in [-0.3, -0.25) is 14.5 Å². The summed E-state index contributed by atoms with van der Waals surface area (Å²) in [4.78, 5) is 33.5. The Bertz CT molecular complexity index is 899. The van der Waals surface area contributed by atoms with Gasteiger partial charge in [-0.15, -0.1) is 0 Å². The van der Waals surface area contributed by atoms with E-state index in [1.54, 1.807) is 37.6 Å². The number of rotatable bonds is 6. The van der Waals surface area contributed by atoms with Gasteiger partial charge < -0.3 is 10.3 Å². The standard InChI is InChI=1S/C18H17FN4O2S2/c1-11(16(24)21-7-6-13-9-20-10-22-13)23-17(25)15(27-18(23)26)8-12-4-2-3-5-14(12)19/h2-5,8-11H,6-7H2,1H3,(H,20,22)(H,21,24)/b15-8-/t11-/m1/s1. The number of aromatic amines is 1. The molecule has 0 unspecified atom stereocenters. The topological polar surface area (TPSA) is 78.1 Å². The highest BCUT2D eigenvalue weighted by molar-refractivity contribution is 8.26.